The summed E-state index contributed by atoms with van der Waals surface area (Å²) in [5, 5.41) is 0.210. The summed E-state index contributed by atoms with van der Waals surface area (Å²) >= 11 is 6.07. The van der Waals surface area contributed by atoms with E-state index in [4.69, 9.17) is 16.3 Å². The van der Waals surface area contributed by atoms with Gasteiger partial charge in [0.15, 0.2) is 0 Å². The smallest absolute Gasteiger partial charge is 0.242 e. The van der Waals surface area contributed by atoms with Gasteiger partial charge in [0, 0.05) is 25.6 Å². The van der Waals surface area contributed by atoms with Crippen LogP contribution in [0.3, 0.4) is 0 Å². The summed E-state index contributed by atoms with van der Waals surface area (Å²) in [5.41, 5.74) is 0.847. The van der Waals surface area contributed by atoms with E-state index in [1.165, 1.54) is 6.07 Å². The molecule has 1 aromatic carbocycles. The molecule has 7 heteroatoms. The fourth-order valence-corrected chi connectivity index (χ4v) is 4.75. The standard InChI is InChI=1S/C17H19ClN2O3S/c18-15-5-1-2-6-16(15)24(21,22)20-17(13-7-10-23-11-8-13)14-4-3-9-19-12-14/h1-6,9,12-13,17,20H,7-8,10-11H2/t17-/m1/s1. The summed E-state index contributed by atoms with van der Waals surface area (Å²) < 4.78 is 33.9. The molecule has 1 N–H and O–H groups in total. The maximum absolute atomic E-state index is 12.8. The van der Waals surface area contributed by atoms with Gasteiger partial charge in [0.1, 0.15) is 4.90 Å². The quantitative estimate of drug-likeness (QED) is 0.882. The topological polar surface area (TPSA) is 68.3 Å². The first-order valence-corrected chi connectivity index (χ1v) is 9.68. The fraction of sp³-hybridized carbons (Fsp3) is 0.353. The van der Waals surface area contributed by atoms with Crippen molar-refractivity contribution in [3.05, 3.63) is 59.4 Å². The van der Waals surface area contributed by atoms with Crippen LogP contribution in [0.15, 0.2) is 53.7 Å². The second-order valence-corrected chi connectivity index (χ2v) is 7.86. The van der Waals surface area contributed by atoms with Crippen LogP contribution in [-0.4, -0.2) is 26.6 Å². The van der Waals surface area contributed by atoms with Crippen molar-refractivity contribution in [2.75, 3.05) is 13.2 Å². The summed E-state index contributed by atoms with van der Waals surface area (Å²) in [6.07, 6.45) is 4.97. The maximum atomic E-state index is 12.8. The van der Waals surface area contributed by atoms with Crippen molar-refractivity contribution in [3.63, 3.8) is 0 Å². The van der Waals surface area contributed by atoms with Crippen LogP contribution in [-0.2, 0) is 14.8 Å². The lowest BCUT2D eigenvalue weighted by Crippen LogP contribution is -2.36. The van der Waals surface area contributed by atoms with Gasteiger partial charge in [-0.15, -0.1) is 0 Å². The Hall–Kier alpha value is -1.47. The molecule has 0 bridgehead atoms. The lowest BCUT2D eigenvalue weighted by atomic mass is 9.88. The van der Waals surface area contributed by atoms with Gasteiger partial charge in [0.05, 0.1) is 11.1 Å². The van der Waals surface area contributed by atoms with Crippen molar-refractivity contribution < 1.29 is 13.2 Å². The molecular weight excluding hydrogens is 348 g/mol. The highest BCUT2D eigenvalue weighted by Gasteiger charge is 2.30. The number of sulfonamides is 1. The Morgan fingerprint density at radius 2 is 1.92 bits per heavy atom. The predicted molar refractivity (Wildman–Crippen MR) is 92.3 cm³/mol. The number of hydrogen-bond donors (Lipinski definition) is 1. The van der Waals surface area contributed by atoms with Crippen molar-refractivity contribution in [1.29, 1.82) is 0 Å². The lowest BCUT2D eigenvalue weighted by molar-refractivity contribution is 0.0564. The number of nitrogens with one attached hydrogen (secondary N) is 1. The van der Waals surface area contributed by atoms with E-state index in [0.717, 1.165) is 18.4 Å². The highest BCUT2D eigenvalue weighted by atomic mass is 35.5. The van der Waals surface area contributed by atoms with Crippen LogP contribution in [0.25, 0.3) is 0 Å². The monoisotopic (exact) mass is 366 g/mol. The van der Waals surface area contributed by atoms with E-state index < -0.39 is 10.0 Å². The normalized spacial score (nSPS) is 17.5. The average molecular weight is 367 g/mol. The molecule has 24 heavy (non-hydrogen) atoms. The predicted octanol–water partition coefficient (Wildman–Crippen LogP) is 3.18. The number of rotatable bonds is 5. The second-order valence-electron chi connectivity index (χ2n) is 5.77. The summed E-state index contributed by atoms with van der Waals surface area (Å²) in [5.74, 6) is 0.153. The van der Waals surface area contributed by atoms with Crippen molar-refractivity contribution in [3.8, 4) is 0 Å². The number of ether oxygens (including phenoxy) is 1. The Kier molecular flexibility index (Phi) is 5.50. The largest absolute Gasteiger partial charge is 0.381 e. The molecule has 0 aliphatic carbocycles. The first-order chi connectivity index (χ1) is 11.6. The first kappa shape index (κ1) is 17.4. The molecule has 1 saturated heterocycles. The molecule has 1 aliphatic rings. The zero-order valence-electron chi connectivity index (χ0n) is 13.1. The van der Waals surface area contributed by atoms with Gasteiger partial charge in [-0.05, 0) is 42.5 Å². The van der Waals surface area contributed by atoms with E-state index in [2.05, 4.69) is 9.71 Å². The highest BCUT2D eigenvalue weighted by Crippen LogP contribution is 2.32. The lowest BCUT2D eigenvalue weighted by Gasteiger charge is -2.31. The minimum atomic E-state index is -3.74. The van der Waals surface area contributed by atoms with Crippen LogP contribution >= 0.6 is 11.6 Å². The summed E-state index contributed by atoms with van der Waals surface area (Å²) in [7, 11) is -3.74. The van der Waals surface area contributed by atoms with E-state index in [1.807, 2.05) is 12.1 Å². The molecule has 1 aliphatic heterocycles. The van der Waals surface area contributed by atoms with Crippen molar-refractivity contribution in [2.24, 2.45) is 5.92 Å². The number of hydrogen-bond acceptors (Lipinski definition) is 4. The van der Waals surface area contributed by atoms with Gasteiger partial charge in [0.25, 0.3) is 0 Å². The average Bonchev–Trinajstić information content (AvgIpc) is 2.61. The van der Waals surface area contributed by atoms with E-state index in [-0.39, 0.29) is 21.9 Å². The molecule has 0 spiro atoms. The number of benzene rings is 1. The van der Waals surface area contributed by atoms with Gasteiger partial charge in [-0.1, -0.05) is 29.8 Å². The molecule has 2 aromatic rings. The molecule has 1 fully saturated rings. The molecule has 128 valence electrons. The molecule has 1 aromatic heterocycles. The first-order valence-electron chi connectivity index (χ1n) is 7.82. The molecule has 0 amide bonds. The highest BCUT2D eigenvalue weighted by molar-refractivity contribution is 7.89. The molecule has 2 heterocycles. The van der Waals surface area contributed by atoms with Crippen LogP contribution in [0.4, 0.5) is 0 Å². The Morgan fingerprint density at radius 1 is 1.17 bits per heavy atom. The van der Waals surface area contributed by atoms with Crippen LogP contribution < -0.4 is 4.72 Å². The zero-order valence-corrected chi connectivity index (χ0v) is 14.6. The Morgan fingerprint density at radius 3 is 2.58 bits per heavy atom. The molecular formula is C17H19ClN2O3S. The van der Waals surface area contributed by atoms with E-state index in [9.17, 15) is 8.42 Å². The van der Waals surface area contributed by atoms with E-state index in [1.54, 1.807) is 30.6 Å². The van der Waals surface area contributed by atoms with Gasteiger partial charge < -0.3 is 4.74 Å². The minimum absolute atomic E-state index is 0.0904. The van der Waals surface area contributed by atoms with Crippen molar-refractivity contribution in [2.45, 2.75) is 23.8 Å². The Labute approximate surface area is 147 Å². The number of nitrogens with zero attached hydrogens (tertiary/aromatic N) is 1. The molecule has 0 unspecified atom stereocenters. The summed E-state index contributed by atoms with van der Waals surface area (Å²) in [4.78, 5) is 4.22. The van der Waals surface area contributed by atoms with Gasteiger partial charge >= 0.3 is 0 Å². The van der Waals surface area contributed by atoms with Crippen LogP contribution in [0, 0.1) is 5.92 Å². The molecule has 3 rings (SSSR count). The van der Waals surface area contributed by atoms with E-state index >= 15 is 0 Å². The van der Waals surface area contributed by atoms with Crippen LogP contribution in [0.1, 0.15) is 24.4 Å². The summed E-state index contributed by atoms with van der Waals surface area (Å²) in [6, 6.07) is 9.79. The fourth-order valence-electron chi connectivity index (χ4n) is 2.94. The second kappa shape index (κ2) is 7.61. The molecule has 5 nitrogen and oxygen atoms in total. The third-order valence-corrected chi connectivity index (χ3v) is 6.13. The zero-order chi connectivity index (χ0) is 17.0. The summed E-state index contributed by atoms with van der Waals surface area (Å²) in [6.45, 7) is 1.27. The minimum Gasteiger partial charge on any atom is -0.381 e. The van der Waals surface area contributed by atoms with Gasteiger partial charge in [-0.25, -0.2) is 13.1 Å². The Balaban J connectivity index is 1.93. The van der Waals surface area contributed by atoms with Crippen molar-refractivity contribution in [1.82, 2.24) is 9.71 Å². The number of aromatic nitrogens is 1. The van der Waals surface area contributed by atoms with Crippen molar-refractivity contribution >= 4 is 21.6 Å². The SMILES string of the molecule is O=S(=O)(N[C@@H](c1cccnc1)C1CCOCC1)c1ccccc1Cl. The van der Waals surface area contributed by atoms with Gasteiger partial charge in [-0.2, -0.15) is 0 Å². The number of pyridine rings is 1. The van der Waals surface area contributed by atoms with Crippen LogP contribution in [0.2, 0.25) is 5.02 Å². The maximum Gasteiger partial charge on any atom is 0.242 e. The molecule has 0 radical (unpaired) electrons. The Bertz CT molecular complexity index is 777. The molecule has 0 saturated carbocycles. The third kappa shape index (κ3) is 3.95. The third-order valence-electron chi connectivity index (χ3n) is 4.19. The number of halogens is 1. The van der Waals surface area contributed by atoms with Gasteiger partial charge in [0.2, 0.25) is 10.0 Å². The van der Waals surface area contributed by atoms with E-state index in [0.29, 0.717) is 13.2 Å². The molecule has 1 atom stereocenters. The van der Waals surface area contributed by atoms with Crippen LogP contribution in [0.5, 0.6) is 0 Å². The van der Waals surface area contributed by atoms with Gasteiger partial charge in [-0.3, -0.25) is 4.98 Å².